The third-order valence-corrected chi connectivity index (χ3v) is 9.66. The lowest BCUT2D eigenvalue weighted by Crippen LogP contribution is -2.43. The Hall–Kier alpha value is -2.99. The predicted molar refractivity (Wildman–Crippen MR) is 164 cm³/mol. The lowest BCUT2D eigenvalue weighted by Gasteiger charge is -2.38. The standard InChI is InChI=1S/C32H35B2ClN4O2/c1-37-10-2-3-27(37)32(41)39-11-6-20(7-12-39)15-28(40)38-13-8-21(9-14-38)30-29-22(17-25(35)18-26(29)34)4-5-23-16-24(33)19-36-31(23)30/h2-3,10,16-21,30H,4-9,11-15H2,1H3/t30-/m1/s1. The third-order valence-electron chi connectivity index (χ3n) is 9.45. The highest BCUT2D eigenvalue weighted by Crippen LogP contribution is 2.42. The Morgan fingerprint density at radius 3 is 2.39 bits per heavy atom. The van der Waals surface area contributed by atoms with Gasteiger partial charge in [-0.2, -0.15) is 0 Å². The number of fused-ring (bicyclic) bond motifs is 2. The van der Waals surface area contributed by atoms with Crippen LogP contribution in [0, 0.1) is 11.8 Å². The molecule has 9 heteroatoms. The SMILES string of the molecule is [B]c1cnc2c(c1)CCc1cc(Cl)cc([B])c1[C@H]2C1CCN(C(=O)CC2CCN(C(=O)c3cccn3C)CC2)CC1. The molecule has 2 fully saturated rings. The number of amides is 2. The van der Waals surface area contributed by atoms with Crippen LogP contribution in [0.3, 0.4) is 0 Å². The molecule has 2 saturated heterocycles. The van der Waals surface area contributed by atoms with E-state index < -0.39 is 0 Å². The molecule has 0 N–H and O–H groups in total. The Kier molecular flexibility index (Phi) is 8.04. The molecule has 6 nitrogen and oxygen atoms in total. The zero-order chi connectivity index (χ0) is 28.7. The van der Waals surface area contributed by atoms with Gasteiger partial charge in [-0.05, 0) is 85.3 Å². The van der Waals surface area contributed by atoms with Gasteiger partial charge in [0.05, 0.1) is 5.69 Å². The number of likely N-dealkylation sites (tertiary alicyclic amines) is 2. The number of aryl methyl sites for hydroxylation is 3. The Morgan fingerprint density at radius 2 is 1.68 bits per heavy atom. The second-order valence-electron chi connectivity index (χ2n) is 12.0. The van der Waals surface area contributed by atoms with Crippen LogP contribution >= 0.6 is 11.6 Å². The van der Waals surface area contributed by atoms with Gasteiger partial charge in [-0.25, -0.2) is 0 Å². The Balaban J connectivity index is 1.10. The molecule has 0 bridgehead atoms. The third kappa shape index (κ3) is 5.73. The van der Waals surface area contributed by atoms with E-state index in [-0.39, 0.29) is 17.7 Å². The summed E-state index contributed by atoms with van der Waals surface area (Å²) in [5.74, 6) is 1.00. The smallest absolute Gasteiger partial charge is 0.270 e. The van der Waals surface area contributed by atoms with E-state index in [0.717, 1.165) is 68.3 Å². The summed E-state index contributed by atoms with van der Waals surface area (Å²) < 4.78 is 1.86. The summed E-state index contributed by atoms with van der Waals surface area (Å²) in [6, 6.07) is 9.71. The van der Waals surface area contributed by atoms with E-state index in [1.165, 1.54) is 11.1 Å². The minimum Gasteiger partial charge on any atom is -0.347 e. The van der Waals surface area contributed by atoms with Crippen LogP contribution in [-0.2, 0) is 24.7 Å². The van der Waals surface area contributed by atoms with Gasteiger partial charge in [0.15, 0.2) is 0 Å². The number of benzene rings is 1. The van der Waals surface area contributed by atoms with E-state index in [0.29, 0.717) is 47.5 Å². The minimum absolute atomic E-state index is 0.0590. The van der Waals surface area contributed by atoms with Gasteiger partial charge in [-0.1, -0.05) is 34.7 Å². The summed E-state index contributed by atoms with van der Waals surface area (Å²) in [6.45, 7) is 2.87. The minimum atomic E-state index is 0.0590. The van der Waals surface area contributed by atoms with E-state index in [4.69, 9.17) is 32.3 Å². The first kappa shape index (κ1) is 28.1. The van der Waals surface area contributed by atoms with Gasteiger partial charge >= 0.3 is 0 Å². The summed E-state index contributed by atoms with van der Waals surface area (Å²) in [5, 5.41) is 0.661. The first-order valence-corrected chi connectivity index (χ1v) is 15.2. The van der Waals surface area contributed by atoms with Crippen LogP contribution in [0.15, 0.2) is 42.7 Å². The normalized spacial score (nSPS) is 19.9. The average Bonchev–Trinajstić information content (AvgIpc) is 3.32. The Bertz CT molecular complexity index is 1460. The van der Waals surface area contributed by atoms with Gasteiger partial charge in [0.2, 0.25) is 5.91 Å². The number of carbonyl (C=O) groups is 2. The van der Waals surface area contributed by atoms with Gasteiger partial charge in [0, 0.05) is 63.0 Å². The fourth-order valence-electron chi connectivity index (χ4n) is 7.21. The van der Waals surface area contributed by atoms with Crippen LogP contribution < -0.4 is 10.9 Å². The van der Waals surface area contributed by atoms with Crippen molar-refractivity contribution >= 4 is 50.0 Å². The van der Waals surface area contributed by atoms with Crippen molar-refractivity contribution in [1.29, 1.82) is 0 Å². The molecule has 41 heavy (non-hydrogen) atoms. The number of aromatic nitrogens is 2. The molecule has 2 aromatic heterocycles. The largest absolute Gasteiger partial charge is 0.347 e. The highest BCUT2D eigenvalue weighted by atomic mass is 35.5. The van der Waals surface area contributed by atoms with E-state index in [2.05, 4.69) is 6.07 Å². The molecule has 0 saturated carbocycles. The molecule has 3 aromatic rings. The van der Waals surface area contributed by atoms with Crippen molar-refractivity contribution in [1.82, 2.24) is 19.4 Å². The number of hydrogen-bond acceptors (Lipinski definition) is 3. The van der Waals surface area contributed by atoms with Crippen molar-refractivity contribution in [2.45, 2.75) is 50.9 Å². The van der Waals surface area contributed by atoms with Crippen LogP contribution in [0.2, 0.25) is 5.02 Å². The first-order chi connectivity index (χ1) is 19.8. The van der Waals surface area contributed by atoms with Crippen LogP contribution in [0.4, 0.5) is 0 Å². The van der Waals surface area contributed by atoms with Gasteiger partial charge in [0.25, 0.3) is 5.91 Å². The van der Waals surface area contributed by atoms with E-state index >= 15 is 0 Å². The summed E-state index contributed by atoms with van der Waals surface area (Å²) in [7, 11) is 14.6. The van der Waals surface area contributed by atoms with Crippen molar-refractivity contribution in [3.63, 3.8) is 0 Å². The maximum atomic E-state index is 13.4. The number of halogens is 1. The molecule has 3 aliphatic rings. The molecular weight excluding hydrogens is 529 g/mol. The molecule has 208 valence electrons. The van der Waals surface area contributed by atoms with Gasteiger partial charge in [-0.3, -0.25) is 14.6 Å². The highest BCUT2D eigenvalue weighted by molar-refractivity contribution is 6.37. The molecular formula is C32H35B2ClN4O2. The first-order valence-electron chi connectivity index (χ1n) is 14.8. The number of hydrogen-bond donors (Lipinski definition) is 0. The van der Waals surface area contributed by atoms with Crippen molar-refractivity contribution in [2.75, 3.05) is 26.2 Å². The maximum Gasteiger partial charge on any atom is 0.270 e. The molecule has 2 amide bonds. The molecule has 0 unspecified atom stereocenters. The second-order valence-corrected chi connectivity index (χ2v) is 12.5. The predicted octanol–water partition coefficient (Wildman–Crippen LogP) is 3.07. The highest BCUT2D eigenvalue weighted by Gasteiger charge is 2.36. The molecule has 0 spiro atoms. The number of carbonyl (C=O) groups excluding carboxylic acids is 2. The summed E-state index contributed by atoms with van der Waals surface area (Å²) >= 11 is 6.41. The zero-order valence-electron chi connectivity index (χ0n) is 23.7. The lowest BCUT2D eigenvalue weighted by atomic mass is 9.71. The van der Waals surface area contributed by atoms with Crippen molar-refractivity contribution in [2.24, 2.45) is 18.9 Å². The van der Waals surface area contributed by atoms with Crippen LogP contribution in [0.5, 0.6) is 0 Å². The Labute approximate surface area is 250 Å². The monoisotopic (exact) mass is 564 g/mol. The molecule has 4 radical (unpaired) electrons. The maximum absolute atomic E-state index is 13.4. The fourth-order valence-corrected chi connectivity index (χ4v) is 7.46. The molecule has 1 aromatic carbocycles. The van der Waals surface area contributed by atoms with Crippen LogP contribution in [0.1, 0.15) is 70.9 Å². The molecule has 2 aliphatic heterocycles. The quantitative estimate of drug-likeness (QED) is 0.458. The van der Waals surface area contributed by atoms with Gasteiger partial charge < -0.3 is 14.4 Å². The number of nitrogens with zero attached hydrogens (tertiary/aromatic N) is 4. The van der Waals surface area contributed by atoms with E-state index in [9.17, 15) is 9.59 Å². The average molecular weight is 565 g/mol. The van der Waals surface area contributed by atoms with Crippen LogP contribution in [-0.4, -0.2) is 73.0 Å². The van der Waals surface area contributed by atoms with E-state index in [1.807, 2.05) is 51.9 Å². The molecule has 1 atom stereocenters. The Morgan fingerprint density at radius 1 is 0.976 bits per heavy atom. The molecule has 6 rings (SSSR count). The number of rotatable bonds is 4. The number of pyridine rings is 1. The van der Waals surface area contributed by atoms with Gasteiger partial charge in [-0.15, -0.1) is 0 Å². The van der Waals surface area contributed by atoms with E-state index in [1.54, 1.807) is 6.20 Å². The number of piperidine rings is 2. The summed E-state index contributed by atoms with van der Waals surface area (Å²) in [5.41, 5.74) is 6.68. The lowest BCUT2D eigenvalue weighted by molar-refractivity contribution is -0.134. The molecule has 1 aliphatic carbocycles. The topological polar surface area (TPSA) is 58.4 Å². The summed E-state index contributed by atoms with van der Waals surface area (Å²) in [6.07, 6.45) is 9.42. The fraction of sp³-hybridized carbons (Fsp3) is 0.469. The van der Waals surface area contributed by atoms with Gasteiger partial charge in [0.1, 0.15) is 21.4 Å². The van der Waals surface area contributed by atoms with Crippen molar-refractivity contribution in [3.8, 4) is 0 Å². The zero-order valence-corrected chi connectivity index (χ0v) is 24.4. The van der Waals surface area contributed by atoms with Crippen molar-refractivity contribution in [3.05, 3.63) is 75.8 Å². The molecule has 4 heterocycles. The summed E-state index contributed by atoms with van der Waals surface area (Å²) in [4.78, 5) is 35.0. The van der Waals surface area contributed by atoms with Crippen LogP contribution in [0.25, 0.3) is 0 Å². The second kappa shape index (κ2) is 11.7. The van der Waals surface area contributed by atoms with Crippen molar-refractivity contribution < 1.29 is 9.59 Å².